The summed E-state index contributed by atoms with van der Waals surface area (Å²) >= 11 is 6.37. The Morgan fingerprint density at radius 2 is 2.00 bits per heavy atom. The number of aromatic amines is 1. The van der Waals surface area contributed by atoms with Gasteiger partial charge in [-0.2, -0.15) is 5.10 Å². The molecule has 1 fully saturated rings. The van der Waals surface area contributed by atoms with Gasteiger partial charge in [0, 0.05) is 45.7 Å². The number of halogens is 1. The number of rotatable bonds is 4. The Labute approximate surface area is 180 Å². The van der Waals surface area contributed by atoms with Crippen LogP contribution in [-0.4, -0.2) is 32.8 Å². The molecule has 0 bridgehead atoms. The second kappa shape index (κ2) is 8.09. The molecule has 0 saturated carbocycles. The molecule has 0 spiro atoms. The molecule has 0 aliphatic carbocycles. The third-order valence-electron chi connectivity index (χ3n) is 5.88. The van der Waals surface area contributed by atoms with Gasteiger partial charge in [-0.05, 0) is 56.1 Å². The van der Waals surface area contributed by atoms with E-state index >= 15 is 0 Å². The fourth-order valence-corrected chi connectivity index (χ4v) is 4.39. The highest BCUT2D eigenvalue weighted by Crippen LogP contribution is 2.28. The molecule has 1 aliphatic heterocycles. The first kappa shape index (κ1) is 19.1. The number of piperidine rings is 1. The first-order valence-electron chi connectivity index (χ1n) is 10.3. The third-order valence-corrected chi connectivity index (χ3v) is 6.21. The van der Waals surface area contributed by atoms with Crippen molar-refractivity contribution >= 4 is 34.8 Å². The summed E-state index contributed by atoms with van der Waals surface area (Å²) < 4.78 is 2.11. The monoisotopic (exact) mass is 417 g/mol. The predicted octanol–water partition coefficient (Wildman–Crippen LogP) is 5.48. The van der Waals surface area contributed by atoms with Crippen LogP contribution in [0.2, 0.25) is 5.02 Å². The fraction of sp³-hybridized carbons (Fsp3) is 0.250. The maximum atomic E-state index is 6.37. The maximum absolute atomic E-state index is 6.37. The number of hydrogen-bond acceptors (Lipinski definition) is 3. The molecule has 5 nitrogen and oxygen atoms in total. The minimum Gasteiger partial charge on any atom is -0.346 e. The molecule has 0 atom stereocenters. The normalized spacial score (nSPS) is 15.4. The molecule has 0 unspecified atom stereocenters. The van der Waals surface area contributed by atoms with Crippen LogP contribution in [0.3, 0.4) is 0 Å². The molecule has 1 aliphatic rings. The lowest BCUT2D eigenvalue weighted by atomic mass is 10.1. The minimum absolute atomic E-state index is 0.473. The largest absolute Gasteiger partial charge is 0.346 e. The van der Waals surface area contributed by atoms with Crippen LogP contribution in [0.4, 0.5) is 0 Å². The number of aromatic nitrogens is 4. The lowest BCUT2D eigenvalue weighted by Gasteiger charge is -2.22. The molecule has 1 saturated heterocycles. The lowest BCUT2D eigenvalue weighted by Crippen LogP contribution is -2.29. The van der Waals surface area contributed by atoms with Gasteiger partial charge in [-0.25, -0.2) is 4.98 Å². The summed E-state index contributed by atoms with van der Waals surface area (Å²) in [4.78, 5) is 7.89. The van der Waals surface area contributed by atoms with E-state index in [1.54, 1.807) is 0 Å². The van der Waals surface area contributed by atoms with Crippen molar-refractivity contribution in [3.63, 3.8) is 0 Å². The standard InChI is InChI=1S/C24H24ClN5/c1-16-3-2-4-23(25)21(16)6-5-17-12-27-24-22(17)11-18(13-28-24)19-14-29-30(15-19)20-7-9-26-10-8-20/h2-6,11-15,20,26H,7-10H2,1H3,(H,27,28)/b6-5+. The van der Waals surface area contributed by atoms with E-state index in [2.05, 4.69) is 62.5 Å². The Hall–Kier alpha value is -2.89. The number of fused-ring (bicyclic) bond motifs is 1. The molecule has 2 N–H and O–H groups in total. The Balaban J connectivity index is 1.46. The topological polar surface area (TPSA) is 58.5 Å². The van der Waals surface area contributed by atoms with Crippen LogP contribution in [0.25, 0.3) is 34.3 Å². The van der Waals surface area contributed by atoms with Gasteiger partial charge in [0.25, 0.3) is 0 Å². The molecular formula is C24H24ClN5. The minimum atomic E-state index is 0.473. The highest BCUT2D eigenvalue weighted by atomic mass is 35.5. The van der Waals surface area contributed by atoms with Crippen molar-refractivity contribution in [2.24, 2.45) is 0 Å². The molecule has 152 valence electrons. The third kappa shape index (κ3) is 3.66. The summed E-state index contributed by atoms with van der Waals surface area (Å²) in [7, 11) is 0. The SMILES string of the molecule is Cc1cccc(Cl)c1/C=C/c1c[nH]c2ncc(-c3cnn(C4CCNCC4)c3)cc12. The fourth-order valence-electron chi connectivity index (χ4n) is 4.11. The van der Waals surface area contributed by atoms with Gasteiger partial charge < -0.3 is 10.3 Å². The molecule has 5 rings (SSSR count). The average Bonchev–Trinajstić information content (AvgIpc) is 3.41. The molecule has 4 aromatic rings. The van der Waals surface area contributed by atoms with Crippen LogP contribution >= 0.6 is 11.6 Å². The van der Waals surface area contributed by atoms with Gasteiger partial charge in [-0.1, -0.05) is 35.9 Å². The summed E-state index contributed by atoms with van der Waals surface area (Å²) in [6.07, 6.45) is 14.4. The van der Waals surface area contributed by atoms with E-state index < -0.39 is 0 Å². The number of benzene rings is 1. The molecule has 4 heterocycles. The van der Waals surface area contributed by atoms with E-state index in [4.69, 9.17) is 11.6 Å². The lowest BCUT2D eigenvalue weighted by molar-refractivity contribution is 0.343. The Morgan fingerprint density at radius 1 is 1.13 bits per heavy atom. The average molecular weight is 418 g/mol. The quantitative estimate of drug-likeness (QED) is 0.462. The van der Waals surface area contributed by atoms with Gasteiger partial charge in [0.1, 0.15) is 5.65 Å². The van der Waals surface area contributed by atoms with Crippen molar-refractivity contribution in [3.05, 3.63) is 70.8 Å². The predicted molar refractivity (Wildman–Crippen MR) is 124 cm³/mol. The molecule has 0 radical (unpaired) electrons. The molecule has 6 heteroatoms. The van der Waals surface area contributed by atoms with Gasteiger partial charge in [0.15, 0.2) is 0 Å². The highest BCUT2D eigenvalue weighted by molar-refractivity contribution is 6.32. The number of pyridine rings is 1. The molecule has 0 amide bonds. The van der Waals surface area contributed by atoms with E-state index in [0.717, 1.165) is 69.8 Å². The smallest absolute Gasteiger partial charge is 0.137 e. The number of aryl methyl sites for hydroxylation is 1. The summed E-state index contributed by atoms with van der Waals surface area (Å²) in [6, 6.07) is 8.62. The van der Waals surface area contributed by atoms with Crippen molar-refractivity contribution in [2.75, 3.05) is 13.1 Å². The number of H-pyrrole nitrogens is 1. The van der Waals surface area contributed by atoms with E-state index in [0.29, 0.717) is 6.04 Å². The second-order valence-electron chi connectivity index (χ2n) is 7.86. The summed E-state index contributed by atoms with van der Waals surface area (Å²) in [5, 5.41) is 9.88. The van der Waals surface area contributed by atoms with Gasteiger partial charge >= 0.3 is 0 Å². The van der Waals surface area contributed by atoms with Crippen LogP contribution in [0.1, 0.15) is 35.6 Å². The molecule has 3 aromatic heterocycles. The van der Waals surface area contributed by atoms with E-state index in [9.17, 15) is 0 Å². The highest BCUT2D eigenvalue weighted by Gasteiger charge is 2.16. The van der Waals surface area contributed by atoms with Crippen molar-refractivity contribution < 1.29 is 0 Å². The van der Waals surface area contributed by atoms with Crippen molar-refractivity contribution in [2.45, 2.75) is 25.8 Å². The van der Waals surface area contributed by atoms with Crippen LogP contribution in [0.15, 0.2) is 49.1 Å². The summed E-state index contributed by atoms with van der Waals surface area (Å²) in [5.74, 6) is 0. The van der Waals surface area contributed by atoms with Crippen molar-refractivity contribution in [1.29, 1.82) is 0 Å². The zero-order valence-corrected chi connectivity index (χ0v) is 17.7. The van der Waals surface area contributed by atoms with Crippen LogP contribution in [0, 0.1) is 6.92 Å². The van der Waals surface area contributed by atoms with Gasteiger partial charge in [0.05, 0.1) is 12.2 Å². The zero-order chi connectivity index (χ0) is 20.5. The van der Waals surface area contributed by atoms with E-state index in [1.165, 1.54) is 0 Å². The van der Waals surface area contributed by atoms with E-state index in [-0.39, 0.29) is 0 Å². The molecule has 30 heavy (non-hydrogen) atoms. The Kier molecular flexibility index (Phi) is 5.15. The van der Waals surface area contributed by atoms with Crippen LogP contribution in [0.5, 0.6) is 0 Å². The van der Waals surface area contributed by atoms with Crippen molar-refractivity contribution in [3.8, 4) is 11.1 Å². The maximum Gasteiger partial charge on any atom is 0.137 e. The summed E-state index contributed by atoms with van der Waals surface area (Å²) in [6.45, 7) is 4.18. The Bertz CT molecular complexity index is 1190. The number of hydrogen-bond donors (Lipinski definition) is 2. The second-order valence-corrected chi connectivity index (χ2v) is 8.27. The van der Waals surface area contributed by atoms with Gasteiger partial charge in [0.2, 0.25) is 0 Å². The van der Waals surface area contributed by atoms with Crippen LogP contribution in [-0.2, 0) is 0 Å². The Morgan fingerprint density at radius 3 is 2.83 bits per heavy atom. The van der Waals surface area contributed by atoms with Crippen molar-refractivity contribution in [1.82, 2.24) is 25.1 Å². The number of nitrogens with one attached hydrogen (secondary N) is 2. The van der Waals surface area contributed by atoms with Crippen LogP contribution < -0.4 is 5.32 Å². The first-order chi connectivity index (χ1) is 14.7. The summed E-state index contributed by atoms with van der Waals surface area (Å²) in [5.41, 5.74) is 6.33. The molecular weight excluding hydrogens is 394 g/mol. The number of nitrogens with zero attached hydrogens (tertiary/aromatic N) is 3. The zero-order valence-electron chi connectivity index (χ0n) is 16.9. The molecule has 1 aromatic carbocycles. The van der Waals surface area contributed by atoms with E-state index in [1.807, 2.05) is 30.7 Å². The first-order valence-corrected chi connectivity index (χ1v) is 10.7. The van der Waals surface area contributed by atoms with Gasteiger partial charge in [-0.15, -0.1) is 0 Å². The van der Waals surface area contributed by atoms with Gasteiger partial charge in [-0.3, -0.25) is 4.68 Å².